The molecule has 0 unspecified atom stereocenters. The molecule has 0 aliphatic carbocycles. The normalized spacial score (nSPS) is 11.3. The molecule has 0 radical (unpaired) electrons. The van der Waals surface area contributed by atoms with E-state index >= 15 is 0 Å². The van der Waals surface area contributed by atoms with Crippen molar-refractivity contribution in [1.82, 2.24) is 29.9 Å². The lowest BCUT2D eigenvalue weighted by molar-refractivity contribution is 0.877. The van der Waals surface area contributed by atoms with E-state index in [9.17, 15) is 0 Å². The van der Waals surface area contributed by atoms with E-state index in [1.54, 1.807) is 6.20 Å². The predicted octanol–water partition coefficient (Wildman–Crippen LogP) is 2.12. The van der Waals surface area contributed by atoms with Crippen LogP contribution in [0.2, 0.25) is 0 Å². The summed E-state index contributed by atoms with van der Waals surface area (Å²) in [6, 6.07) is 8.02. The summed E-state index contributed by atoms with van der Waals surface area (Å²) in [6.45, 7) is 2.75. The van der Waals surface area contributed by atoms with Gasteiger partial charge in [-0.05, 0) is 13.0 Å². The van der Waals surface area contributed by atoms with Crippen molar-refractivity contribution in [3.05, 3.63) is 36.7 Å². The zero-order valence-corrected chi connectivity index (χ0v) is 11.4. The van der Waals surface area contributed by atoms with Crippen LogP contribution in [0, 0.1) is 0 Å². The van der Waals surface area contributed by atoms with E-state index in [0.717, 1.165) is 22.8 Å². The summed E-state index contributed by atoms with van der Waals surface area (Å²) < 4.78 is 1.82. The van der Waals surface area contributed by atoms with Gasteiger partial charge in [-0.25, -0.2) is 4.68 Å². The van der Waals surface area contributed by atoms with Crippen LogP contribution in [0.1, 0.15) is 6.92 Å². The lowest BCUT2D eigenvalue weighted by Gasteiger charge is -2.07. The lowest BCUT2D eigenvalue weighted by atomic mass is 10.2. The lowest BCUT2D eigenvalue weighted by Crippen LogP contribution is -2.07. The highest BCUT2D eigenvalue weighted by atomic mass is 15.3. The second-order valence-corrected chi connectivity index (χ2v) is 4.65. The summed E-state index contributed by atoms with van der Waals surface area (Å²) in [4.78, 5) is 8.97. The van der Waals surface area contributed by atoms with E-state index in [0.29, 0.717) is 17.4 Å². The van der Waals surface area contributed by atoms with Crippen molar-refractivity contribution < 1.29 is 0 Å². The molecule has 0 aliphatic rings. The van der Waals surface area contributed by atoms with Crippen molar-refractivity contribution in [3.8, 4) is 5.82 Å². The SMILES string of the molecule is CCNc1nc(-n2ncc3ccccc32)c2cn[nH]c2n1. The van der Waals surface area contributed by atoms with Gasteiger partial charge in [-0.2, -0.15) is 20.2 Å². The van der Waals surface area contributed by atoms with Gasteiger partial charge in [0.05, 0.1) is 23.3 Å². The van der Waals surface area contributed by atoms with Crippen molar-refractivity contribution in [2.45, 2.75) is 6.92 Å². The molecule has 0 spiro atoms. The second-order valence-electron chi connectivity index (χ2n) is 4.65. The Hall–Kier alpha value is -2.96. The topological polar surface area (TPSA) is 84.3 Å². The van der Waals surface area contributed by atoms with Crippen LogP contribution >= 0.6 is 0 Å². The van der Waals surface area contributed by atoms with Gasteiger partial charge >= 0.3 is 0 Å². The maximum Gasteiger partial charge on any atom is 0.226 e. The molecule has 4 rings (SSSR count). The van der Waals surface area contributed by atoms with E-state index < -0.39 is 0 Å². The third-order valence-corrected chi connectivity index (χ3v) is 3.30. The average molecular weight is 279 g/mol. The highest BCUT2D eigenvalue weighted by Gasteiger charge is 2.13. The van der Waals surface area contributed by atoms with E-state index in [4.69, 9.17) is 0 Å². The van der Waals surface area contributed by atoms with Crippen molar-refractivity contribution in [3.63, 3.8) is 0 Å². The average Bonchev–Trinajstić information content (AvgIpc) is 3.13. The molecule has 2 N–H and O–H groups in total. The Labute approximate surface area is 120 Å². The highest BCUT2D eigenvalue weighted by Crippen LogP contribution is 2.23. The second kappa shape index (κ2) is 4.55. The largest absolute Gasteiger partial charge is 0.354 e. The smallest absolute Gasteiger partial charge is 0.226 e. The Morgan fingerprint density at radius 1 is 1.19 bits per heavy atom. The molecule has 3 heterocycles. The molecular formula is C14H13N7. The first-order valence-corrected chi connectivity index (χ1v) is 6.75. The summed E-state index contributed by atoms with van der Waals surface area (Å²) in [7, 11) is 0. The fourth-order valence-electron chi connectivity index (χ4n) is 2.36. The Morgan fingerprint density at radius 3 is 3.00 bits per heavy atom. The van der Waals surface area contributed by atoms with Crippen LogP contribution in [-0.2, 0) is 0 Å². The van der Waals surface area contributed by atoms with Gasteiger partial charge in [-0.15, -0.1) is 0 Å². The first-order chi connectivity index (χ1) is 10.4. The summed E-state index contributed by atoms with van der Waals surface area (Å²) in [5, 5.41) is 16.4. The van der Waals surface area contributed by atoms with E-state index in [1.165, 1.54) is 0 Å². The van der Waals surface area contributed by atoms with Crippen LogP contribution in [0.15, 0.2) is 36.7 Å². The standard InChI is InChI=1S/C14H13N7/c1-2-15-14-18-12-10(8-16-20-12)13(19-14)21-11-6-4-3-5-9(11)7-17-21/h3-8H,2H2,1H3,(H2,15,16,18,19,20). The number of aromatic amines is 1. The fourth-order valence-corrected chi connectivity index (χ4v) is 2.36. The number of fused-ring (bicyclic) bond motifs is 2. The fraction of sp³-hybridized carbons (Fsp3) is 0.143. The molecule has 0 saturated carbocycles. The van der Waals surface area contributed by atoms with Gasteiger partial charge in [0.25, 0.3) is 0 Å². The van der Waals surface area contributed by atoms with Crippen molar-refractivity contribution in [2.24, 2.45) is 0 Å². The zero-order valence-electron chi connectivity index (χ0n) is 11.4. The molecule has 0 aliphatic heterocycles. The minimum atomic E-state index is 0.559. The first-order valence-electron chi connectivity index (χ1n) is 6.75. The zero-order chi connectivity index (χ0) is 14.2. The van der Waals surface area contributed by atoms with E-state index in [1.807, 2.05) is 42.1 Å². The molecular weight excluding hydrogens is 266 g/mol. The molecule has 0 amide bonds. The van der Waals surface area contributed by atoms with E-state index in [2.05, 4.69) is 30.6 Å². The Morgan fingerprint density at radius 2 is 2.10 bits per heavy atom. The minimum Gasteiger partial charge on any atom is -0.354 e. The third-order valence-electron chi connectivity index (χ3n) is 3.30. The van der Waals surface area contributed by atoms with Crippen LogP contribution < -0.4 is 5.32 Å². The molecule has 4 aromatic rings. The minimum absolute atomic E-state index is 0.559. The highest BCUT2D eigenvalue weighted by molar-refractivity contribution is 5.87. The summed E-state index contributed by atoms with van der Waals surface area (Å²) >= 11 is 0. The number of benzene rings is 1. The molecule has 7 heteroatoms. The molecule has 0 bridgehead atoms. The van der Waals surface area contributed by atoms with Crippen LogP contribution in [0.4, 0.5) is 5.95 Å². The van der Waals surface area contributed by atoms with Gasteiger partial charge in [0, 0.05) is 11.9 Å². The molecule has 104 valence electrons. The monoisotopic (exact) mass is 279 g/mol. The number of aromatic nitrogens is 6. The molecule has 1 aromatic carbocycles. The van der Waals surface area contributed by atoms with E-state index in [-0.39, 0.29) is 0 Å². The van der Waals surface area contributed by atoms with Gasteiger partial charge < -0.3 is 5.32 Å². The molecule has 7 nitrogen and oxygen atoms in total. The predicted molar refractivity (Wildman–Crippen MR) is 80.5 cm³/mol. The molecule has 21 heavy (non-hydrogen) atoms. The van der Waals surface area contributed by atoms with Gasteiger partial charge in [-0.1, -0.05) is 18.2 Å². The summed E-state index contributed by atoms with van der Waals surface area (Å²) in [6.07, 6.45) is 3.55. The van der Waals surface area contributed by atoms with Crippen LogP contribution in [0.3, 0.4) is 0 Å². The van der Waals surface area contributed by atoms with Gasteiger partial charge in [0.1, 0.15) is 0 Å². The number of nitrogens with one attached hydrogen (secondary N) is 2. The Bertz CT molecular complexity index is 921. The van der Waals surface area contributed by atoms with Crippen molar-refractivity contribution in [2.75, 3.05) is 11.9 Å². The Kier molecular flexibility index (Phi) is 2.56. The summed E-state index contributed by atoms with van der Waals surface area (Å²) in [5.41, 5.74) is 1.69. The molecule has 0 atom stereocenters. The van der Waals surface area contributed by atoms with Crippen LogP contribution in [-0.4, -0.2) is 36.5 Å². The Balaban J connectivity index is 2.02. The molecule has 0 saturated heterocycles. The van der Waals surface area contributed by atoms with Crippen molar-refractivity contribution in [1.29, 1.82) is 0 Å². The number of para-hydroxylation sites is 1. The number of hydrogen-bond acceptors (Lipinski definition) is 5. The first kappa shape index (κ1) is 11.8. The van der Waals surface area contributed by atoms with Gasteiger partial charge in [0.15, 0.2) is 11.5 Å². The molecule has 0 fully saturated rings. The number of anilines is 1. The quantitative estimate of drug-likeness (QED) is 0.600. The molecule has 3 aromatic heterocycles. The van der Waals surface area contributed by atoms with Crippen LogP contribution in [0.25, 0.3) is 27.8 Å². The number of rotatable bonds is 3. The number of nitrogens with zero attached hydrogens (tertiary/aromatic N) is 5. The maximum atomic E-state index is 4.57. The van der Waals surface area contributed by atoms with Crippen LogP contribution in [0.5, 0.6) is 0 Å². The maximum absolute atomic E-state index is 4.57. The third kappa shape index (κ3) is 1.82. The summed E-state index contributed by atoms with van der Waals surface area (Å²) in [5.74, 6) is 1.27. The number of hydrogen-bond donors (Lipinski definition) is 2. The van der Waals surface area contributed by atoms with Crippen molar-refractivity contribution >= 4 is 27.9 Å². The van der Waals surface area contributed by atoms with Gasteiger partial charge in [0.2, 0.25) is 5.95 Å². The van der Waals surface area contributed by atoms with Gasteiger partial charge in [-0.3, -0.25) is 5.10 Å². The number of H-pyrrole nitrogens is 1.